The van der Waals surface area contributed by atoms with Gasteiger partial charge in [-0.25, -0.2) is 0 Å². The molecular formula is C24H28N2O3. The zero-order valence-corrected chi connectivity index (χ0v) is 17.5. The first-order valence-corrected chi connectivity index (χ1v) is 10.1. The lowest BCUT2D eigenvalue weighted by Crippen LogP contribution is -2.34. The molecule has 0 aliphatic carbocycles. The topological polar surface area (TPSA) is 49.9 Å². The molecule has 0 saturated heterocycles. The van der Waals surface area contributed by atoms with Crippen molar-refractivity contribution in [3.8, 4) is 5.75 Å². The maximum absolute atomic E-state index is 13.1. The van der Waals surface area contributed by atoms with Crippen LogP contribution in [0.5, 0.6) is 5.75 Å². The van der Waals surface area contributed by atoms with Crippen LogP contribution in [-0.4, -0.2) is 40.8 Å². The molecule has 0 N–H and O–H groups in total. The molecule has 1 aliphatic rings. The van der Waals surface area contributed by atoms with Crippen molar-refractivity contribution in [2.24, 2.45) is 0 Å². The van der Waals surface area contributed by atoms with Crippen LogP contribution in [-0.2, 0) is 16.1 Å². The molecule has 29 heavy (non-hydrogen) atoms. The van der Waals surface area contributed by atoms with Crippen LogP contribution in [0, 0.1) is 0 Å². The molecule has 0 spiro atoms. The van der Waals surface area contributed by atoms with Crippen molar-refractivity contribution >= 4 is 17.4 Å². The molecule has 0 fully saturated rings. The molecule has 0 radical (unpaired) electrons. The highest BCUT2D eigenvalue weighted by Crippen LogP contribution is 2.33. The van der Waals surface area contributed by atoms with Crippen LogP contribution in [0.4, 0.5) is 0 Å². The van der Waals surface area contributed by atoms with Gasteiger partial charge in [0.05, 0.1) is 11.7 Å². The summed E-state index contributed by atoms with van der Waals surface area (Å²) in [7, 11) is 0. The van der Waals surface area contributed by atoms with Gasteiger partial charge in [0.15, 0.2) is 0 Å². The van der Waals surface area contributed by atoms with Gasteiger partial charge in [0.1, 0.15) is 11.4 Å². The standard InChI is InChI=1S/C24H28N2O3/c1-5-25(16-18-10-8-7-9-11-18)22-21(23(27)26(6-2)24(22)28)19-12-14-20(15-13-19)29-17(3)4/h7-15,17H,5-6,16H2,1-4H3. The minimum absolute atomic E-state index is 0.0716. The molecule has 1 heterocycles. The summed E-state index contributed by atoms with van der Waals surface area (Å²) in [5.74, 6) is 0.274. The first kappa shape index (κ1) is 20.6. The van der Waals surface area contributed by atoms with Crippen molar-refractivity contribution in [3.05, 3.63) is 71.4 Å². The van der Waals surface area contributed by atoms with Crippen molar-refractivity contribution in [1.82, 2.24) is 9.80 Å². The fourth-order valence-corrected chi connectivity index (χ4v) is 3.53. The number of rotatable bonds is 8. The highest BCUT2D eigenvalue weighted by Gasteiger charge is 2.40. The van der Waals surface area contributed by atoms with Gasteiger partial charge in [-0.15, -0.1) is 0 Å². The Kier molecular flexibility index (Phi) is 6.37. The van der Waals surface area contributed by atoms with Gasteiger partial charge in [0.2, 0.25) is 0 Å². The lowest BCUT2D eigenvalue weighted by molar-refractivity contribution is -0.137. The molecule has 0 unspecified atom stereocenters. The van der Waals surface area contributed by atoms with Crippen molar-refractivity contribution in [3.63, 3.8) is 0 Å². The van der Waals surface area contributed by atoms with E-state index in [0.717, 1.165) is 16.9 Å². The minimum atomic E-state index is -0.239. The van der Waals surface area contributed by atoms with Crippen LogP contribution in [0.1, 0.15) is 38.8 Å². The van der Waals surface area contributed by atoms with Gasteiger partial charge < -0.3 is 9.64 Å². The minimum Gasteiger partial charge on any atom is -0.491 e. The third kappa shape index (κ3) is 4.34. The quantitative estimate of drug-likeness (QED) is 0.635. The van der Waals surface area contributed by atoms with Crippen LogP contribution in [0.3, 0.4) is 0 Å². The fraction of sp³-hybridized carbons (Fsp3) is 0.333. The highest BCUT2D eigenvalue weighted by atomic mass is 16.5. The summed E-state index contributed by atoms with van der Waals surface area (Å²) in [5, 5.41) is 0. The molecule has 0 aromatic heterocycles. The molecule has 152 valence electrons. The summed E-state index contributed by atoms with van der Waals surface area (Å²) in [5.41, 5.74) is 2.76. The number of hydrogen-bond donors (Lipinski definition) is 0. The fourth-order valence-electron chi connectivity index (χ4n) is 3.53. The van der Waals surface area contributed by atoms with E-state index >= 15 is 0 Å². The molecule has 3 rings (SSSR count). The summed E-state index contributed by atoms with van der Waals surface area (Å²) in [4.78, 5) is 29.5. The SMILES string of the molecule is CCN(Cc1ccccc1)C1=C(c2ccc(OC(C)C)cc2)C(=O)N(CC)C1=O. The van der Waals surface area contributed by atoms with Gasteiger partial charge in [-0.3, -0.25) is 14.5 Å². The van der Waals surface area contributed by atoms with Crippen molar-refractivity contribution < 1.29 is 14.3 Å². The Hall–Kier alpha value is -3.08. The van der Waals surface area contributed by atoms with Crippen LogP contribution >= 0.6 is 0 Å². The molecule has 2 aromatic carbocycles. The monoisotopic (exact) mass is 392 g/mol. The number of likely N-dealkylation sites (N-methyl/N-ethyl adjacent to an activating group) is 2. The molecular weight excluding hydrogens is 364 g/mol. The first-order chi connectivity index (χ1) is 14.0. The molecule has 5 nitrogen and oxygen atoms in total. The van der Waals surface area contributed by atoms with Crippen molar-refractivity contribution in [2.75, 3.05) is 13.1 Å². The normalized spacial score (nSPS) is 14.2. The third-order valence-electron chi connectivity index (χ3n) is 4.89. The van der Waals surface area contributed by atoms with E-state index < -0.39 is 0 Å². The van der Waals surface area contributed by atoms with Crippen LogP contribution in [0.2, 0.25) is 0 Å². The largest absolute Gasteiger partial charge is 0.491 e. The van der Waals surface area contributed by atoms with Crippen LogP contribution in [0.25, 0.3) is 5.57 Å². The molecule has 0 saturated carbocycles. The first-order valence-electron chi connectivity index (χ1n) is 10.1. The maximum Gasteiger partial charge on any atom is 0.277 e. The Labute approximate surface area is 172 Å². The van der Waals surface area contributed by atoms with Gasteiger partial charge in [-0.1, -0.05) is 42.5 Å². The summed E-state index contributed by atoms with van der Waals surface area (Å²) in [6, 6.07) is 17.4. The maximum atomic E-state index is 13.1. The summed E-state index contributed by atoms with van der Waals surface area (Å²) >= 11 is 0. The highest BCUT2D eigenvalue weighted by molar-refractivity contribution is 6.35. The second-order valence-electron chi connectivity index (χ2n) is 7.27. The number of hydrogen-bond acceptors (Lipinski definition) is 4. The van der Waals surface area contributed by atoms with Crippen LogP contribution in [0.15, 0.2) is 60.3 Å². The Morgan fingerprint density at radius 3 is 2.14 bits per heavy atom. The zero-order valence-electron chi connectivity index (χ0n) is 17.5. The second-order valence-corrected chi connectivity index (χ2v) is 7.27. The summed E-state index contributed by atoms with van der Waals surface area (Å²) < 4.78 is 5.71. The van der Waals surface area contributed by atoms with Crippen molar-refractivity contribution in [2.45, 2.75) is 40.3 Å². The van der Waals surface area contributed by atoms with E-state index in [0.29, 0.717) is 30.9 Å². The molecule has 0 bridgehead atoms. The number of nitrogens with zero attached hydrogens (tertiary/aromatic N) is 2. The van der Waals surface area contributed by atoms with E-state index in [2.05, 4.69) is 0 Å². The predicted molar refractivity (Wildman–Crippen MR) is 114 cm³/mol. The Balaban J connectivity index is 2.03. The lowest BCUT2D eigenvalue weighted by Gasteiger charge is -2.24. The average molecular weight is 392 g/mol. The number of ether oxygens (including phenoxy) is 1. The number of imide groups is 1. The third-order valence-corrected chi connectivity index (χ3v) is 4.89. The number of carbonyl (C=O) groups is 2. The zero-order chi connectivity index (χ0) is 21.0. The average Bonchev–Trinajstić information content (AvgIpc) is 2.96. The van der Waals surface area contributed by atoms with Crippen LogP contribution < -0.4 is 4.74 Å². The molecule has 0 atom stereocenters. The number of amides is 2. The Morgan fingerprint density at radius 2 is 1.59 bits per heavy atom. The molecule has 2 aromatic rings. The predicted octanol–water partition coefficient (Wildman–Crippen LogP) is 4.10. The van der Waals surface area contributed by atoms with Crippen molar-refractivity contribution in [1.29, 1.82) is 0 Å². The Bertz CT molecular complexity index is 901. The van der Waals surface area contributed by atoms with Gasteiger partial charge in [-0.05, 0) is 51.0 Å². The summed E-state index contributed by atoms with van der Waals surface area (Å²) in [6.07, 6.45) is 0.0716. The van der Waals surface area contributed by atoms with Gasteiger partial charge >= 0.3 is 0 Å². The van der Waals surface area contributed by atoms with E-state index in [9.17, 15) is 9.59 Å². The van der Waals surface area contributed by atoms with E-state index in [4.69, 9.17) is 4.74 Å². The van der Waals surface area contributed by atoms with E-state index in [1.54, 1.807) is 0 Å². The number of benzene rings is 2. The van der Waals surface area contributed by atoms with Gasteiger partial charge in [0, 0.05) is 19.6 Å². The molecule has 5 heteroatoms. The van der Waals surface area contributed by atoms with Gasteiger partial charge in [0.25, 0.3) is 11.8 Å². The lowest BCUT2D eigenvalue weighted by atomic mass is 10.0. The van der Waals surface area contributed by atoms with Gasteiger partial charge in [-0.2, -0.15) is 0 Å². The Morgan fingerprint density at radius 1 is 0.931 bits per heavy atom. The summed E-state index contributed by atoms with van der Waals surface area (Å²) in [6.45, 7) is 9.30. The number of carbonyl (C=O) groups excluding carboxylic acids is 2. The second kappa shape index (κ2) is 8.95. The van der Waals surface area contributed by atoms with E-state index in [1.165, 1.54) is 4.90 Å². The molecule has 2 amide bonds. The molecule has 1 aliphatic heterocycles. The van der Waals surface area contributed by atoms with E-state index in [1.807, 2.05) is 87.2 Å². The van der Waals surface area contributed by atoms with E-state index in [-0.39, 0.29) is 17.9 Å². The smallest absolute Gasteiger partial charge is 0.277 e.